The second kappa shape index (κ2) is 5.41. The first-order valence-electron chi connectivity index (χ1n) is 6.49. The number of aromatic nitrogens is 3. The minimum absolute atomic E-state index is 0.00637. The molecule has 0 spiro atoms. The number of amides is 1. The number of anilines is 1. The molecule has 0 saturated carbocycles. The maximum absolute atomic E-state index is 12.1. The lowest BCUT2D eigenvalue weighted by atomic mass is 10.3. The first-order valence-corrected chi connectivity index (χ1v) is 8.86. The molecule has 0 aliphatic rings. The van der Waals surface area contributed by atoms with Gasteiger partial charge < -0.3 is 0 Å². The number of carbonyl (C=O) groups is 1. The zero-order valence-electron chi connectivity index (χ0n) is 12.3. The van der Waals surface area contributed by atoms with Gasteiger partial charge in [-0.3, -0.25) is 14.8 Å². The van der Waals surface area contributed by atoms with Crippen molar-refractivity contribution in [2.75, 3.05) is 5.32 Å². The van der Waals surface area contributed by atoms with Gasteiger partial charge in [-0.15, -0.1) is 0 Å². The SMILES string of the molecule is Cc1cc(C(=O)Nc2nc3ccc(S(N)(=O)=O)cc3s2)nn1C. The van der Waals surface area contributed by atoms with E-state index in [-0.39, 0.29) is 16.5 Å². The van der Waals surface area contributed by atoms with Crippen LogP contribution in [0.25, 0.3) is 10.2 Å². The summed E-state index contributed by atoms with van der Waals surface area (Å²) in [4.78, 5) is 16.4. The predicted octanol–water partition coefficient (Wildman–Crippen LogP) is 1.24. The van der Waals surface area contributed by atoms with Crippen LogP contribution in [0.5, 0.6) is 0 Å². The van der Waals surface area contributed by atoms with E-state index in [1.165, 1.54) is 12.1 Å². The number of hydrogen-bond donors (Lipinski definition) is 2. The van der Waals surface area contributed by atoms with Gasteiger partial charge in [-0.2, -0.15) is 5.10 Å². The molecule has 0 aliphatic carbocycles. The third-order valence-electron chi connectivity index (χ3n) is 3.26. The predicted molar refractivity (Wildman–Crippen MR) is 86.9 cm³/mol. The largest absolute Gasteiger partial charge is 0.296 e. The van der Waals surface area contributed by atoms with Crippen LogP contribution in [0.2, 0.25) is 0 Å². The zero-order valence-corrected chi connectivity index (χ0v) is 13.9. The molecule has 23 heavy (non-hydrogen) atoms. The summed E-state index contributed by atoms with van der Waals surface area (Å²) >= 11 is 1.16. The number of sulfonamides is 1. The molecule has 120 valence electrons. The summed E-state index contributed by atoms with van der Waals surface area (Å²) in [6, 6.07) is 6.03. The summed E-state index contributed by atoms with van der Waals surface area (Å²) in [5, 5.41) is 12.2. The average molecular weight is 351 g/mol. The minimum atomic E-state index is -3.77. The zero-order chi connectivity index (χ0) is 16.8. The van der Waals surface area contributed by atoms with Gasteiger partial charge in [0.25, 0.3) is 5.91 Å². The lowest BCUT2D eigenvalue weighted by Crippen LogP contribution is -2.12. The molecule has 3 N–H and O–H groups in total. The van der Waals surface area contributed by atoms with Crippen molar-refractivity contribution in [1.29, 1.82) is 0 Å². The van der Waals surface area contributed by atoms with Gasteiger partial charge in [-0.05, 0) is 31.2 Å². The van der Waals surface area contributed by atoms with Gasteiger partial charge in [0.05, 0.1) is 15.1 Å². The highest BCUT2D eigenvalue weighted by Crippen LogP contribution is 2.28. The van der Waals surface area contributed by atoms with Crippen molar-refractivity contribution in [1.82, 2.24) is 14.8 Å². The van der Waals surface area contributed by atoms with Crippen molar-refractivity contribution in [3.63, 3.8) is 0 Å². The first kappa shape index (κ1) is 15.6. The Morgan fingerprint density at radius 1 is 1.35 bits per heavy atom. The quantitative estimate of drug-likeness (QED) is 0.735. The third-order valence-corrected chi connectivity index (χ3v) is 5.10. The lowest BCUT2D eigenvalue weighted by molar-refractivity contribution is 0.102. The number of nitrogens with zero attached hydrogens (tertiary/aromatic N) is 3. The molecule has 3 aromatic rings. The van der Waals surface area contributed by atoms with Gasteiger partial charge >= 0.3 is 0 Å². The van der Waals surface area contributed by atoms with E-state index in [9.17, 15) is 13.2 Å². The monoisotopic (exact) mass is 351 g/mol. The van der Waals surface area contributed by atoms with Crippen molar-refractivity contribution in [3.8, 4) is 0 Å². The highest BCUT2D eigenvalue weighted by atomic mass is 32.2. The van der Waals surface area contributed by atoms with Crippen LogP contribution in [-0.4, -0.2) is 29.1 Å². The second-order valence-corrected chi connectivity index (χ2v) is 7.53. The molecule has 3 rings (SSSR count). The molecule has 2 aromatic heterocycles. The molecule has 0 radical (unpaired) electrons. The molecule has 0 aliphatic heterocycles. The highest BCUT2D eigenvalue weighted by Gasteiger charge is 2.15. The normalized spacial score (nSPS) is 11.8. The molecule has 0 bridgehead atoms. The maximum atomic E-state index is 12.1. The van der Waals surface area contributed by atoms with E-state index < -0.39 is 10.0 Å². The number of carbonyl (C=O) groups excluding carboxylic acids is 1. The van der Waals surface area contributed by atoms with Crippen LogP contribution in [0.4, 0.5) is 5.13 Å². The van der Waals surface area contributed by atoms with Gasteiger partial charge in [0.1, 0.15) is 0 Å². The number of hydrogen-bond acceptors (Lipinski definition) is 6. The summed E-state index contributed by atoms with van der Waals surface area (Å²) in [5.41, 5.74) is 1.72. The molecule has 0 fully saturated rings. The van der Waals surface area contributed by atoms with E-state index in [0.29, 0.717) is 15.3 Å². The summed E-state index contributed by atoms with van der Waals surface area (Å²) in [6.45, 7) is 1.84. The Labute approximate surface area is 136 Å². The van der Waals surface area contributed by atoms with Crippen LogP contribution in [0.15, 0.2) is 29.2 Å². The van der Waals surface area contributed by atoms with Crippen LogP contribution >= 0.6 is 11.3 Å². The van der Waals surface area contributed by atoms with Gasteiger partial charge in [-0.25, -0.2) is 18.5 Å². The molecule has 1 amide bonds. The number of thiazole rings is 1. The van der Waals surface area contributed by atoms with Crippen molar-refractivity contribution < 1.29 is 13.2 Å². The Bertz CT molecular complexity index is 1000. The number of benzene rings is 1. The van der Waals surface area contributed by atoms with E-state index in [2.05, 4.69) is 15.4 Å². The molecule has 0 atom stereocenters. The van der Waals surface area contributed by atoms with Gasteiger partial charge in [0, 0.05) is 12.7 Å². The molecule has 0 unspecified atom stereocenters. The second-order valence-electron chi connectivity index (χ2n) is 4.94. The number of fused-ring (bicyclic) bond motifs is 1. The van der Waals surface area contributed by atoms with Crippen molar-refractivity contribution in [2.24, 2.45) is 12.2 Å². The molecule has 1 aromatic carbocycles. The molecule has 2 heterocycles. The van der Waals surface area contributed by atoms with Crippen LogP contribution in [0, 0.1) is 6.92 Å². The lowest BCUT2D eigenvalue weighted by Gasteiger charge is -1.96. The van der Waals surface area contributed by atoms with Crippen molar-refractivity contribution in [3.05, 3.63) is 35.7 Å². The van der Waals surface area contributed by atoms with E-state index in [0.717, 1.165) is 17.0 Å². The smallest absolute Gasteiger partial charge is 0.277 e. The first-order chi connectivity index (χ1) is 10.7. The third kappa shape index (κ3) is 3.09. The van der Waals surface area contributed by atoms with Crippen molar-refractivity contribution >= 4 is 42.6 Å². The maximum Gasteiger partial charge on any atom is 0.277 e. The summed E-state index contributed by atoms with van der Waals surface area (Å²) < 4.78 is 24.9. The summed E-state index contributed by atoms with van der Waals surface area (Å²) in [5.74, 6) is -0.376. The van der Waals surface area contributed by atoms with Gasteiger partial charge in [0.2, 0.25) is 10.0 Å². The fraction of sp³-hybridized carbons (Fsp3) is 0.154. The van der Waals surface area contributed by atoms with Crippen molar-refractivity contribution in [2.45, 2.75) is 11.8 Å². The van der Waals surface area contributed by atoms with Crippen LogP contribution in [0.3, 0.4) is 0 Å². The Hall–Kier alpha value is -2.30. The Kier molecular flexibility index (Phi) is 3.66. The Balaban J connectivity index is 1.90. The van der Waals surface area contributed by atoms with Crippen LogP contribution in [0.1, 0.15) is 16.2 Å². The van der Waals surface area contributed by atoms with Crippen LogP contribution < -0.4 is 10.5 Å². The van der Waals surface area contributed by atoms with E-state index in [1.54, 1.807) is 23.9 Å². The molecular weight excluding hydrogens is 338 g/mol. The van der Waals surface area contributed by atoms with E-state index >= 15 is 0 Å². The summed E-state index contributed by atoms with van der Waals surface area (Å²) in [7, 11) is -2.03. The van der Waals surface area contributed by atoms with E-state index in [4.69, 9.17) is 5.14 Å². The highest BCUT2D eigenvalue weighted by molar-refractivity contribution is 7.89. The molecule has 8 nitrogen and oxygen atoms in total. The van der Waals surface area contributed by atoms with Gasteiger partial charge in [0.15, 0.2) is 10.8 Å². The standard InChI is InChI=1S/C13H13N5O3S2/c1-7-5-10(17-18(7)2)12(19)16-13-15-9-4-3-8(23(14,20)21)6-11(9)22-13/h3-6H,1-2H3,(H2,14,20,21)(H,15,16,19). The molecule has 10 heteroatoms. The Morgan fingerprint density at radius 2 is 2.09 bits per heavy atom. The fourth-order valence-electron chi connectivity index (χ4n) is 1.97. The number of primary sulfonamides is 1. The van der Waals surface area contributed by atoms with Gasteiger partial charge in [-0.1, -0.05) is 11.3 Å². The minimum Gasteiger partial charge on any atom is -0.296 e. The van der Waals surface area contributed by atoms with Crippen LogP contribution in [-0.2, 0) is 17.1 Å². The fourth-order valence-corrected chi connectivity index (χ4v) is 3.48. The number of rotatable bonds is 3. The average Bonchev–Trinajstić information content (AvgIpc) is 3.00. The number of aryl methyl sites for hydroxylation is 2. The van der Waals surface area contributed by atoms with E-state index in [1.807, 2.05) is 6.92 Å². The number of nitrogens with two attached hydrogens (primary N) is 1. The topological polar surface area (TPSA) is 120 Å². The molecular formula is C13H13N5O3S2. The summed E-state index contributed by atoms with van der Waals surface area (Å²) in [6.07, 6.45) is 0. The Morgan fingerprint density at radius 3 is 2.70 bits per heavy atom. The number of nitrogens with one attached hydrogen (secondary N) is 1. The molecule has 0 saturated heterocycles.